The molecular formula is C23H31NO4. The van der Waals surface area contributed by atoms with Crippen LogP contribution in [0, 0.1) is 11.8 Å². The molecule has 152 valence electrons. The van der Waals surface area contributed by atoms with Crippen LogP contribution in [0.4, 0.5) is 4.79 Å². The van der Waals surface area contributed by atoms with Crippen LogP contribution in [0.3, 0.4) is 0 Å². The van der Waals surface area contributed by atoms with Gasteiger partial charge in [0.1, 0.15) is 5.75 Å². The van der Waals surface area contributed by atoms with Gasteiger partial charge in [-0.15, -0.1) is 0 Å². The number of benzene rings is 1. The van der Waals surface area contributed by atoms with Gasteiger partial charge in [0.25, 0.3) is 0 Å². The van der Waals surface area contributed by atoms with E-state index in [4.69, 9.17) is 14.2 Å². The predicted octanol–water partition coefficient (Wildman–Crippen LogP) is 4.32. The lowest BCUT2D eigenvalue weighted by atomic mass is 9.53. The molecular weight excluding hydrogens is 354 g/mol. The molecule has 1 aliphatic heterocycles. The van der Waals surface area contributed by atoms with Crippen LogP contribution in [0.15, 0.2) is 18.2 Å². The number of carbonyl (C=O) groups excluding carboxylic acids is 1. The van der Waals surface area contributed by atoms with Crippen molar-refractivity contribution in [1.82, 2.24) is 5.32 Å². The molecule has 3 fully saturated rings. The van der Waals surface area contributed by atoms with Gasteiger partial charge in [0, 0.05) is 11.5 Å². The number of hydrogen-bond acceptors (Lipinski definition) is 5. The van der Waals surface area contributed by atoms with E-state index < -0.39 is 6.16 Å². The highest BCUT2D eigenvalue weighted by molar-refractivity contribution is 5.59. The minimum Gasteiger partial charge on any atom is -0.457 e. The minimum absolute atomic E-state index is 0.0943. The zero-order valence-corrected chi connectivity index (χ0v) is 16.6. The molecule has 3 atom stereocenters. The first-order chi connectivity index (χ1) is 13.7. The zero-order chi connectivity index (χ0) is 19.0. The van der Waals surface area contributed by atoms with E-state index in [2.05, 4.69) is 17.4 Å². The van der Waals surface area contributed by atoms with Crippen LogP contribution in [0.1, 0.15) is 62.5 Å². The number of nitrogens with one attached hydrogen (secondary N) is 1. The van der Waals surface area contributed by atoms with Crippen LogP contribution in [0.2, 0.25) is 0 Å². The van der Waals surface area contributed by atoms with Crippen molar-refractivity contribution < 1.29 is 19.0 Å². The van der Waals surface area contributed by atoms with Gasteiger partial charge in [-0.1, -0.05) is 25.3 Å². The molecule has 4 aliphatic rings. The van der Waals surface area contributed by atoms with E-state index in [0.717, 1.165) is 37.5 Å². The molecule has 1 saturated heterocycles. The topological polar surface area (TPSA) is 56.8 Å². The van der Waals surface area contributed by atoms with Gasteiger partial charge in [-0.2, -0.15) is 0 Å². The lowest BCUT2D eigenvalue weighted by Gasteiger charge is -2.56. The summed E-state index contributed by atoms with van der Waals surface area (Å²) < 4.78 is 16.0. The van der Waals surface area contributed by atoms with Gasteiger partial charge >= 0.3 is 6.16 Å². The number of hydrogen-bond donors (Lipinski definition) is 1. The molecule has 5 nitrogen and oxygen atoms in total. The Hall–Kier alpha value is -1.75. The van der Waals surface area contributed by atoms with Gasteiger partial charge < -0.3 is 19.5 Å². The van der Waals surface area contributed by atoms with Crippen molar-refractivity contribution in [3.8, 4) is 5.75 Å². The average Bonchev–Trinajstić information content (AvgIpc) is 2.67. The van der Waals surface area contributed by atoms with E-state index >= 15 is 0 Å². The highest BCUT2D eigenvalue weighted by Gasteiger charge is 2.51. The van der Waals surface area contributed by atoms with Crippen molar-refractivity contribution in [2.75, 3.05) is 19.9 Å². The van der Waals surface area contributed by atoms with Crippen molar-refractivity contribution in [2.45, 2.75) is 69.2 Å². The maximum Gasteiger partial charge on any atom is 0.511 e. The number of carbonyl (C=O) groups is 1. The fourth-order valence-electron chi connectivity index (χ4n) is 6.03. The number of piperidine rings is 1. The zero-order valence-electron chi connectivity index (χ0n) is 16.6. The minimum atomic E-state index is -0.628. The molecule has 0 spiro atoms. The fraction of sp³-hybridized carbons (Fsp3) is 0.696. The molecule has 1 heterocycles. The van der Waals surface area contributed by atoms with Gasteiger partial charge in [0.2, 0.25) is 6.79 Å². The summed E-state index contributed by atoms with van der Waals surface area (Å²) in [4.78, 5) is 11.7. The summed E-state index contributed by atoms with van der Waals surface area (Å²) in [5, 5.41) is 3.77. The maximum atomic E-state index is 11.7. The Kier molecular flexibility index (Phi) is 4.95. The SMILES string of the molecule is O=C(OCOc1ccc2c(c1)[C@@]13CCCC[C@@H]1[C@H](C2)NCC3)OCC1CCC1. The van der Waals surface area contributed by atoms with Gasteiger partial charge in [0.05, 0.1) is 6.61 Å². The van der Waals surface area contributed by atoms with E-state index in [1.807, 2.05) is 6.07 Å². The third kappa shape index (κ3) is 3.28. The molecule has 0 radical (unpaired) electrons. The summed E-state index contributed by atoms with van der Waals surface area (Å²) in [6.07, 6.45) is 10.5. The van der Waals surface area contributed by atoms with E-state index in [1.54, 1.807) is 0 Å². The number of ether oxygens (including phenoxy) is 3. The van der Waals surface area contributed by atoms with E-state index in [-0.39, 0.29) is 6.79 Å². The van der Waals surface area contributed by atoms with Gasteiger partial charge in [-0.25, -0.2) is 4.79 Å². The molecule has 5 heteroatoms. The Morgan fingerprint density at radius 1 is 1.11 bits per heavy atom. The molecule has 2 bridgehead atoms. The van der Waals surface area contributed by atoms with Crippen LogP contribution in [-0.2, 0) is 21.3 Å². The van der Waals surface area contributed by atoms with Crippen molar-refractivity contribution >= 4 is 6.16 Å². The van der Waals surface area contributed by atoms with Gasteiger partial charge in [0.15, 0.2) is 0 Å². The molecule has 0 unspecified atom stereocenters. The van der Waals surface area contributed by atoms with Crippen LogP contribution in [0.5, 0.6) is 5.75 Å². The summed E-state index contributed by atoms with van der Waals surface area (Å²) in [5.41, 5.74) is 3.26. The second-order valence-electron chi connectivity index (χ2n) is 9.11. The summed E-state index contributed by atoms with van der Waals surface area (Å²) in [5.74, 6) is 2.06. The van der Waals surface area contributed by atoms with Crippen LogP contribution in [0.25, 0.3) is 0 Å². The highest BCUT2D eigenvalue weighted by Crippen LogP contribution is 2.54. The third-order valence-corrected chi connectivity index (χ3v) is 7.68. The summed E-state index contributed by atoms with van der Waals surface area (Å²) >= 11 is 0. The van der Waals surface area contributed by atoms with Gasteiger partial charge in [-0.05, 0) is 80.2 Å². The van der Waals surface area contributed by atoms with Crippen LogP contribution < -0.4 is 10.1 Å². The first-order valence-electron chi connectivity index (χ1n) is 11.0. The molecule has 0 amide bonds. The standard InChI is InChI=1S/C23H31NO4/c25-22(26-14-16-4-3-5-16)28-15-27-18-8-7-17-12-21-19-6-1-2-9-23(19,10-11-24-21)20(17)13-18/h7-8,13,16,19,21,24H,1-6,9-12,14-15H2/t19-,21+,23-/m1/s1. The van der Waals surface area contributed by atoms with E-state index in [1.165, 1.54) is 49.7 Å². The van der Waals surface area contributed by atoms with E-state index in [0.29, 0.717) is 24.0 Å². The Morgan fingerprint density at radius 2 is 2.04 bits per heavy atom. The Labute approximate surface area is 167 Å². The largest absolute Gasteiger partial charge is 0.511 e. The summed E-state index contributed by atoms with van der Waals surface area (Å²) in [6, 6.07) is 7.07. The second-order valence-corrected chi connectivity index (χ2v) is 9.11. The molecule has 1 N–H and O–H groups in total. The molecule has 2 saturated carbocycles. The molecule has 3 aliphatic carbocycles. The summed E-state index contributed by atoms with van der Waals surface area (Å²) in [6.45, 7) is 1.49. The van der Waals surface area contributed by atoms with Gasteiger partial charge in [-0.3, -0.25) is 0 Å². The monoisotopic (exact) mass is 385 g/mol. The maximum absolute atomic E-state index is 11.7. The average molecular weight is 386 g/mol. The Morgan fingerprint density at radius 3 is 2.89 bits per heavy atom. The van der Waals surface area contributed by atoms with E-state index in [9.17, 15) is 4.79 Å². The molecule has 28 heavy (non-hydrogen) atoms. The summed E-state index contributed by atoms with van der Waals surface area (Å²) in [7, 11) is 0. The van der Waals surface area contributed by atoms with Crippen molar-refractivity contribution in [1.29, 1.82) is 0 Å². The first-order valence-corrected chi connectivity index (χ1v) is 11.0. The molecule has 5 rings (SSSR count). The molecule has 0 aromatic heterocycles. The van der Waals surface area contributed by atoms with Crippen molar-refractivity contribution in [2.24, 2.45) is 11.8 Å². The number of rotatable bonds is 5. The second kappa shape index (κ2) is 7.58. The Bertz CT molecular complexity index is 727. The third-order valence-electron chi connectivity index (χ3n) is 7.68. The molecule has 1 aromatic rings. The van der Waals surface area contributed by atoms with Crippen molar-refractivity contribution in [3.63, 3.8) is 0 Å². The normalized spacial score (nSPS) is 31.1. The molecule has 1 aromatic carbocycles. The van der Waals surface area contributed by atoms with Crippen molar-refractivity contribution in [3.05, 3.63) is 29.3 Å². The highest BCUT2D eigenvalue weighted by atomic mass is 16.8. The smallest absolute Gasteiger partial charge is 0.457 e. The Balaban J connectivity index is 1.23. The number of fused-ring (bicyclic) bond motifs is 1. The van der Waals surface area contributed by atoms with Crippen LogP contribution >= 0.6 is 0 Å². The lowest BCUT2D eigenvalue weighted by molar-refractivity contribution is -0.00695. The lowest BCUT2D eigenvalue weighted by Crippen LogP contribution is -2.59. The van der Waals surface area contributed by atoms with Crippen LogP contribution in [-0.4, -0.2) is 32.1 Å². The first kappa shape index (κ1) is 18.3. The fourth-order valence-corrected chi connectivity index (χ4v) is 6.03. The predicted molar refractivity (Wildman–Crippen MR) is 105 cm³/mol. The quantitative estimate of drug-likeness (QED) is 0.604.